The number of amides is 1. The zero-order chi connectivity index (χ0) is 16.1. The molecule has 23 heavy (non-hydrogen) atoms. The van der Waals surface area contributed by atoms with Gasteiger partial charge in [-0.15, -0.1) is 0 Å². The number of nitrogens with zero attached hydrogens (tertiary/aromatic N) is 1. The fraction of sp³-hybridized carbons (Fsp3) is 0.389. The Balaban J connectivity index is 1.54. The summed E-state index contributed by atoms with van der Waals surface area (Å²) in [7, 11) is 0. The molecule has 2 aromatic rings. The van der Waals surface area contributed by atoms with E-state index in [0.717, 1.165) is 17.9 Å². The number of nitrogens with one attached hydrogen (secondary N) is 1. The lowest BCUT2D eigenvalue weighted by molar-refractivity contribution is -0.126. The third kappa shape index (κ3) is 4.21. The number of carbonyl (C=O) groups excluding carboxylic acids is 1. The number of hydrogen-bond acceptors (Lipinski definition) is 4. The monoisotopic (exact) mass is 314 g/mol. The Labute approximate surface area is 136 Å². The van der Waals surface area contributed by atoms with E-state index in [4.69, 9.17) is 9.15 Å². The summed E-state index contributed by atoms with van der Waals surface area (Å²) in [5.74, 6) is 0.762. The molecule has 122 valence electrons. The fourth-order valence-electron chi connectivity index (χ4n) is 2.74. The van der Waals surface area contributed by atoms with Crippen molar-refractivity contribution in [3.63, 3.8) is 0 Å². The van der Waals surface area contributed by atoms with Crippen LogP contribution in [0.4, 0.5) is 0 Å². The molecule has 0 spiro atoms. The summed E-state index contributed by atoms with van der Waals surface area (Å²) in [4.78, 5) is 14.3. The van der Waals surface area contributed by atoms with Gasteiger partial charge in [0.05, 0.1) is 32.1 Å². The lowest BCUT2D eigenvalue weighted by Gasteiger charge is -2.37. The summed E-state index contributed by atoms with van der Waals surface area (Å²) in [5, 5.41) is 2.89. The molecule has 3 rings (SSSR count). The van der Waals surface area contributed by atoms with Crippen molar-refractivity contribution in [1.29, 1.82) is 0 Å². The topological polar surface area (TPSA) is 54.7 Å². The van der Waals surface area contributed by atoms with Gasteiger partial charge in [0, 0.05) is 12.6 Å². The van der Waals surface area contributed by atoms with Crippen LogP contribution in [0.25, 0.3) is 0 Å². The number of hydrogen-bond donors (Lipinski definition) is 1. The van der Waals surface area contributed by atoms with Crippen LogP contribution in [-0.2, 0) is 16.1 Å². The van der Waals surface area contributed by atoms with Crippen molar-refractivity contribution < 1.29 is 13.9 Å². The van der Waals surface area contributed by atoms with E-state index in [-0.39, 0.29) is 18.1 Å². The number of carbonyl (C=O) groups is 1. The third-order valence-electron chi connectivity index (χ3n) is 4.12. The highest BCUT2D eigenvalue weighted by molar-refractivity contribution is 5.78. The predicted molar refractivity (Wildman–Crippen MR) is 86.7 cm³/mol. The molecule has 5 nitrogen and oxygen atoms in total. The fourth-order valence-corrected chi connectivity index (χ4v) is 2.74. The molecule has 1 saturated heterocycles. The summed E-state index contributed by atoms with van der Waals surface area (Å²) in [6.07, 6.45) is 1.63. The Morgan fingerprint density at radius 1 is 1.26 bits per heavy atom. The van der Waals surface area contributed by atoms with Crippen molar-refractivity contribution in [3.8, 4) is 0 Å². The molecule has 0 unspecified atom stereocenters. The van der Waals surface area contributed by atoms with Gasteiger partial charge in [0.1, 0.15) is 5.76 Å². The number of morpholine rings is 1. The molecule has 0 bridgehead atoms. The average molecular weight is 314 g/mol. The van der Waals surface area contributed by atoms with Crippen LogP contribution >= 0.6 is 0 Å². The summed E-state index contributed by atoms with van der Waals surface area (Å²) in [5.41, 5.74) is 1.15. The second-order valence-electron chi connectivity index (χ2n) is 5.87. The maximum atomic E-state index is 12.2. The molecular weight excluding hydrogens is 292 g/mol. The first-order valence-electron chi connectivity index (χ1n) is 7.92. The van der Waals surface area contributed by atoms with Gasteiger partial charge in [0.2, 0.25) is 5.91 Å². The van der Waals surface area contributed by atoms with E-state index in [9.17, 15) is 4.79 Å². The summed E-state index contributed by atoms with van der Waals surface area (Å²) >= 11 is 0. The summed E-state index contributed by atoms with van der Waals surface area (Å²) < 4.78 is 11.1. The Hall–Kier alpha value is -2.11. The first-order chi connectivity index (χ1) is 11.2. The second kappa shape index (κ2) is 7.44. The van der Waals surface area contributed by atoms with E-state index in [2.05, 4.69) is 29.3 Å². The molecule has 1 aromatic carbocycles. The van der Waals surface area contributed by atoms with Gasteiger partial charge in [0.25, 0.3) is 0 Å². The van der Waals surface area contributed by atoms with Crippen molar-refractivity contribution >= 4 is 5.91 Å². The van der Waals surface area contributed by atoms with E-state index in [1.807, 2.05) is 30.3 Å². The predicted octanol–water partition coefficient (Wildman–Crippen LogP) is 2.36. The molecule has 1 fully saturated rings. The molecule has 1 aliphatic rings. The number of furan rings is 1. The Bertz CT molecular complexity index is 612. The Kier molecular flexibility index (Phi) is 5.10. The van der Waals surface area contributed by atoms with Crippen LogP contribution < -0.4 is 5.32 Å². The minimum atomic E-state index is 0.00182. The smallest absolute Gasteiger partial charge is 0.234 e. The van der Waals surface area contributed by atoms with E-state index in [0.29, 0.717) is 19.7 Å². The highest BCUT2D eigenvalue weighted by atomic mass is 16.5. The number of rotatable bonds is 5. The molecule has 5 heteroatoms. The highest BCUT2D eigenvalue weighted by Gasteiger charge is 2.28. The van der Waals surface area contributed by atoms with Gasteiger partial charge in [-0.3, -0.25) is 9.69 Å². The van der Waals surface area contributed by atoms with Crippen LogP contribution in [0.3, 0.4) is 0 Å². The maximum absolute atomic E-state index is 12.2. The molecule has 2 atom stereocenters. The first kappa shape index (κ1) is 15.8. The van der Waals surface area contributed by atoms with Crippen LogP contribution in [0.15, 0.2) is 53.1 Å². The van der Waals surface area contributed by atoms with Gasteiger partial charge in [0.15, 0.2) is 0 Å². The molecule has 2 heterocycles. The molecule has 0 radical (unpaired) electrons. The van der Waals surface area contributed by atoms with Crippen molar-refractivity contribution in [3.05, 3.63) is 60.1 Å². The van der Waals surface area contributed by atoms with Gasteiger partial charge in [-0.2, -0.15) is 0 Å². The summed E-state index contributed by atoms with van der Waals surface area (Å²) in [6, 6.07) is 14.0. The quantitative estimate of drug-likeness (QED) is 0.920. The minimum absolute atomic E-state index is 0.00182. The average Bonchev–Trinajstić information content (AvgIpc) is 3.09. The van der Waals surface area contributed by atoms with Gasteiger partial charge in [-0.1, -0.05) is 30.3 Å². The van der Waals surface area contributed by atoms with Gasteiger partial charge in [-0.05, 0) is 24.6 Å². The number of ether oxygens (including phenoxy) is 1. The second-order valence-corrected chi connectivity index (χ2v) is 5.87. The number of benzene rings is 1. The highest BCUT2D eigenvalue weighted by Crippen LogP contribution is 2.24. The van der Waals surface area contributed by atoms with Crippen LogP contribution in [0.1, 0.15) is 24.4 Å². The van der Waals surface area contributed by atoms with Crippen molar-refractivity contribution in [2.24, 2.45) is 0 Å². The van der Waals surface area contributed by atoms with Crippen LogP contribution in [-0.4, -0.2) is 36.5 Å². The largest absolute Gasteiger partial charge is 0.467 e. The van der Waals surface area contributed by atoms with Gasteiger partial charge < -0.3 is 14.5 Å². The standard InChI is InChI=1S/C18H22N2O3/c1-14-13-23-17(15-6-3-2-4-7-15)11-20(14)12-18(21)19-10-16-8-5-9-22-16/h2-9,14,17H,10-13H2,1H3,(H,19,21)/t14-,17+/m1/s1. The SMILES string of the molecule is C[C@@H]1CO[C@H](c2ccccc2)CN1CC(=O)NCc1ccco1. The van der Waals surface area contributed by atoms with Gasteiger partial charge >= 0.3 is 0 Å². The van der Waals surface area contributed by atoms with Crippen LogP contribution in [0.2, 0.25) is 0 Å². The van der Waals surface area contributed by atoms with Gasteiger partial charge in [-0.25, -0.2) is 0 Å². The van der Waals surface area contributed by atoms with Crippen molar-refractivity contribution in [1.82, 2.24) is 10.2 Å². The Morgan fingerprint density at radius 3 is 2.83 bits per heavy atom. The molecule has 1 amide bonds. The minimum Gasteiger partial charge on any atom is -0.467 e. The molecule has 0 saturated carbocycles. The Morgan fingerprint density at radius 2 is 2.09 bits per heavy atom. The van der Waals surface area contributed by atoms with Crippen molar-refractivity contribution in [2.45, 2.75) is 25.6 Å². The van der Waals surface area contributed by atoms with Crippen LogP contribution in [0, 0.1) is 0 Å². The van der Waals surface area contributed by atoms with Crippen molar-refractivity contribution in [2.75, 3.05) is 19.7 Å². The lowest BCUT2D eigenvalue weighted by atomic mass is 10.1. The van der Waals surface area contributed by atoms with E-state index >= 15 is 0 Å². The molecule has 1 aromatic heterocycles. The zero-order valence-corrected chi connectivity index (χ0v) is 13.3. The summed E-state index contributed by atoms with van der Waals surface area (Å²) in [6.45, 7) is 4.23. The molecule has 1 N–H and O–H groups in total. The molecule has 1 aliphatic heterocycles. The zero-order valence-electron chi connectivity index (χ0n) is 13.3. The van der Waals surface area contributed by atoms with E-state index < -0.39 is 0 Å². The van der Waals surface area contributed by atoms with Crippen LogP contribution in [0.5, 0.6) is 0 Å². The molecular formula is C18H22N2O3. The lowest BCUT2D eigenvalue weighted by Crippen LogP contribution is -2.49. The van der Waals surface area contributed by atoms with E-state index in [1.54, 1.807) is 6.26 Å². The molecule has 0 aliphatic carbocycles. The third-order valence-corrected chi connectivity index (χ3v) is 4.12. The van der Waals surface area contributed by atoms with E-state index in [1.165, 1.54) is 0 Å². The first-order valence-corrected chi connectivity index (χ1v) is 7.92. The normalized spacial score (nSPS) is 22.0. The maximum Gasteiger partial charge on any atom is 0.234 e.